The van der Waals surface area contributed by atoms with E-state index in [2.05, 4.69) is 11.4 Å². The first-order valence-corrected chi connectivity index (χ1v) is 8.40. The molecule has 3 rings (SSSR count). The summed E-state index contributed by atoms with van der Waals surface area (Å²) in [5.41, 5.74) is 8.00. The van der Waals surface area contributed by atoms with Gasteiger partial charge in [-0.3, -0.25) is 4.79 Å². The van der Waals surface area contributed by atoms with Gasteiger partial charge >= 0.3 is 0 Å². The van der Waals surface area contributed by atoms with Gasteiger partial charge in [0.05, 0.1) is 6.04 Å². The predicted octanol–water partition coefficient (Wildman–Crippen LogP) is 3.11. The summed E-state index contributed by atoms with van der Waals surface area (Å²) >= 11 is 1.68. The van der Waals surface area contributed by atoms with E-state index < -0.39 is 6.04 Å². The van der Waals surface area contributed by atoms with Crippen LogP contribution in [0.4, 0.5) is 5.69 Å². The minimum atomic E-state index is -0.478. The third kappa shape index (κ3) is 3.55. The number of nitrogens with two attached hydrogens (primary N) is 1. The van der Waals surface area contributed by atoms with E-state index in [1.807, 2.05) is 35.7 Å². The van der Waals surface area contributed by atoms with E-state index in [9.17, 15) is 4.79 Å². The fourth-order valence-electron chi connectivity index (χ4n) is 2.71. The highest BCUT2D eigenvalue weighted by Gasteiger charge is 2.26. The van der Waals surface area contributed by atoms with Crippen LogP contribution >= 0.6 is 11.3 Å². The second-order valence-corrected chi connectivity index (χ2v) is 6.47. The number of carbonyl (C=O) groups is 1. The summed E-state index contributed by atoms with van der Waals surface area (Å²) in [7, 11) is 0. The van der Waals surface area contributed by atoms with E-state index in [0.717, 1.165) is 24.1 Å². The van der Waals surface area contributed by atoms with Gasteiger partial charge in [-0.1, -0.05) is 18.2 Å². The fraction of sp³-hybridized carbons (Fsp3) is 0.353. The Bertz CT molecular complexity index is 621. The van der Waals surface area contributed by atoms with E-state index >= 15 is 0 Å². The van der Waals surface area contributed by atoms with Crippen molar-refractivity contribution in [2.45, 2.75) is 18.9 Å². The Morgan fingerprint density at radius 3 is 2.82 bits per heavy atom. The van der Waals surface area contributed by atoms with Crippen LogP contribution in [0.5, 0.6) is 0 Å². The molecule has 2 aromatic rings. The zero-order chi connectivity index (χ0) is 15.4. The topological polar surface area (TPSA) is 64.4 Å². The van der Waals surface area contributed by atoms with Crippen molar-refractivity contribution >= 4 is 22.9 Å². The normalized spacial score (nSPS) is 17.1. The SMILES string of the molecule is NC(C(=O)Nc1cccc(-c2cccs2)c1)C1CCOCC1. The first-order valence-electron chi connectivity index (χ1n) is 7.52. The number of carbonyl (C=O) groups excluding carboxylic acids is 1. The first-order chi connectivity index (χ1) is 10.7. The van der Waals surface area contributed by atoms with Crippen LogP contribution in [-0.2, 0) is 9.53 Å². The molecule has 1 atom stereocenters. The zero-order valence-corrected chi connectivity index (χ0v) is 13.1. The number of thiophene rings is 1. The smallest absolute Gasteiger partial charge is 0.241 e. The highest BCUT2D eigenvalue weighted by atomic mass is 32.1. The number of nitrogens with one attached hydrogen (secondary N) is 1. The molecule has 0 saturated carbocycles. The summed E-state index contributed by atoms with van der Waals surface area (Å²) < 4.78 is 5.32. The van der Waals surface area contributed by atoms with Gasteiger partial charge in [0.2, 0.25) is 5.91 Å². The summed E-state index contributed by atoms with van der Waals surface area (Å²) in [6.45, 7) is 1.39. The largest absolute Gasteiger partial charge is 0.381 e. The molecule has 0 radical (unpaired) electrons. The van der Waals surface area contributed by atoms with E-state index in [-0.39, 0.29) is 11.8 Å². The van der Waals surface area contributed by atoms with Crippen LogP contribution in [0.1, 0.15) is 12.8 Å². The van der Waals surface area contributed by atoms with E-state index in [1.54, 1.807) is 11.3 Å². The molecule has 1 aliphatic rings. The van der Waals surface area contributed by atoms with Gasteiger partial charge in [0.25, 0.3) is 0 Å². The first kappa shape index (κ1) is 15.2. The minimum Gasteiger partial charge on any atom is -0.381 e. The lowest BCUT2D eigenvalue weighted by Gasteiger charge is -2.26. The molecular formula is C17H20N2O2S. The Balaban J connectivity index is 1.67. The summed E-state index contributed by atoms with van der Waals surface area (Å²) in [5, 5.41) is 4.98. The maximum atomic E-state index is 12.3. The van der Waals surface area contributed by atoms with Crippen molar-refractivity contribution in [3.8, 4) is 10.4 Å². The Kier molecular flexibility index (Phi) is 4.87. The fourth-order valence-corrected chi connectivity index (χ4v) is 3.43. The maximum absolute atomic E-state index is 12.3. The average molecular weight is 316 g/mol. The van der Waals surface area contributed by atoms with Crippen molar-refractivity contribution in [1.82, 2.24) is 0 Å². The van der Waals surface area contributed by atoms with E-state index in [0.29, 0.717) is 13.2 Å². The van der Waals surface area contributed by atoms with Crippen LogP contribution in [0.3, 0.4) is 0 Å². The van der Waals surface area contributed by atoms with Crippen LogP contribution in [0.15, 0.2) is 41.8 Å². The van der Waals surface area contributed by atoms with Crippen LogP contribution in [0.2, 0.25) is 0 Å². The van der Waals surface area contributed by atoms with Gasteiger partial charge < -0.3 is 15.8 Å². The average Bonchev–Trinajstić information content (AvgIpc) is 3.10. The molecule has 4 nitrogen and oxygen atoms in total. The van der Waals surface area contributed by atoms with Crippen LogP contribution in [0.25, 0.3) is 10.4 Å². The van der Waals surface area contributed by atoms with Gasteiger partial charge in [-0.2, -0.15) is 0 Å². The number of amides is 1. The predicted molar refractivity (Wildman–Crippen MR) is 89.9 cm³/mol. The molecule has 1 fully saturated rings. The third-order valence-corrected chi connectivity index (χ3v) is 4.93. The molecule has 5 heteroatoms. The molecule has 2 heterocycles. The molecule has 0 aliphatic carbocycles. The molecule has 22 heavy (non-hydrogen) atoms. The number of anilines is 1. The van der Waals surface area contributed by atoms with Crippen molar-refractivity contribution in [3.05, 3.63) is 41.8 Å². The quantitative estimate of drug-likeness (QED) is 0.911. The molecule has 3 N–H and O–H groups in total. The lowest BCUT2D eigenvalue weighted by atomic mass is 9.92. The van der Waals surface area contributed by atoms with Gasteiger partial charge in [-0.05, 0) is 47.9 Å². The molecule has 1 aromatic carbocycles. The van der Waals surface area contributed by atoms with Crippen molar-refractivity contribution in [2.24, 2.45) is 11.7 Å². The van der Waals surface area contributed by atoms with Crippen molar-refractivity contribution in [1.29, 1.82) is 0 Å². The van der Waals surface area contributed by atoms with Crippen LogP contribution in [0, 0.1) is 5.92 Å². The van der Waals surface area contributed by atoms with Gasteiger partial charge in [0.1, 0.15) is 0 Å². The molecule has 0 bridgehead atoms. The second-order valence-electron chi connectivity index (χ2n) is 5.52. The highest BCUT2D eigenvalue weighted by molar-refractivity contribution is 7.13. The van der Waals surface area contributed by atoms with Gasteiger partial charge in [-0.15, -0.1) is 11.3 Å². The minimum absolute atomic E-state index is 0.116. The molecule has 1 unspecified atom stereocenters. The standard InChI is InChI=1S/C17H20N2O2S/c18-16(12-6-8-21-9-7-12)17(20)19-14-4-1-3-13(11-14)15-5-2-10-22-15/h1-5,10-12,16H,6-9,18H2,(H,19,20). The number of hydrogen-bond acceptors (Lipinski definition) is 4. The summed E-state index contributed by atoms with van der Waals surface area (Å²) in [4.78, 5) is 13.5. The van der Waals surface area contributed by atoms with Crippen molar-refractivity contribution in [3.63, 3.8) is 0 Å². The number of hydrogen-bond donors (Lipinski definition) is 2. The lowest BCUT2D eigenvalue weighted by Crippen LogP contribution is -2.44. The number of rotatable bonds is 4. The Hall–Kier alpha value is -1.69. The molecule has 1 aromatic heterocycles. The van der Waals surface area contributed by atoms with Gasteiger partial charge in [-0.25, -0.2) is 0 Å². The molecule has 116 valence electrons. The second kappa shape index (κ2) is 7.05. The van der Waals surface area contributed by atoms with Crippen LogP contribution < -0.4 is 11.1 Å². The van der Waals surface area contributed by atoms with E-state index in [1.165, 1.54) is 4.88 Å². The van der Waals surface area contributed by atoms with E-state index in [4.69, 9.17) is 10.5 Å². The summed E-state index contributed by atoms with van der Waals surface area (Å²) in [5.74, 6) is 0.0875. The highest BCUT2D eigenvalue weighted by Crippen LogP contribution is 2.27. The number of benzene rings is 1. The summed E-state index contributed by atoms with van der Waals surface area (Å²) in [6, 6.07) is 11.5. The number of ether oxygens (including phenoxy) is 1. The monoisotopic (exact) mass is 316 g/mol. The maximum Gasteiger partial charge on any atom is 0.241 e. The molecule has 0 spiro atoms. The molecule has 1 amide bonds. The molecule has 1 saturated heterocycles. The third-order valence-electron chi connectivity index (χ3n) is 4.01. The molecular weight excluding hydrogens is 296 g/mol. The zero-order valence-electron chi connectivity index (χ0n) is 12.3. The van der Waals surface area contributed by atoms with Crippen LogP contribution in [-0.4, -0.2) is 25.2 Å². The van der Waals surface area contributed by atoms with Crippen molar-refractivity contribution in [2.75, 3.05) is 18.5 Å². The van der Waals surface area contributed by atoms with Gasteiger partial charge in [0.15, 0.2) is 0 Å². The Morgan fingerprint density at radius 1 is 1.27 bits per heavy atom. The Morgan fingerprint density at radius 2 is 2.09 bits per heavy atom. The lowest BCUT2D eigenvalue weighted by molar-refractivity contribution is -0.119. The summed E-state index contributed by atoms with van der Waals surface area (Å²) in [6.07, 6.45) is 1.70. The molecule has 1 aliphatic heterocycles. The van der Waals surface area contributed by atoms with Gasteiger partial charge in [0, 0.05) is 23.8 Å². The van der Waals surface area contributed by atoms with Crippen molar-refractivity contribution < 1.29 is 9.53 Å². The Labute approximate surface area is 134 Å².